The number of nitrogens with zero attached hydrogens (tertiary/aromatic N) is 2. The van der Waals surface area contributed by atoms with Gasteiger partial charge in [-0.15, -0.1) is 0 Å². The molecule has 0 aliphatic carbocycles. The number of benzene rings is 2. The van der Waals surface area contributed by atoms with Gasteiger partial charge in [-0.25, -0.2) is 9.59 Å². The fourth-order valence-electron chi connectivity index (χ4n) is 6.94. The van der Waals surface area contributed by atoms with Crippen molar-refractivity contribution in [2.24, 2.45) is 5.41 Å². The number of β-amino-alcohol motifs (C(OH)–C–C–N with tert-alkyl or cyclic N) is 2. The summed E-state index contributed by atoms with van der Waals surface area (Å²) in [6, 6.07) is 7.29. The zero-order chi connectivity index (χ0) is 26.6. The van der Waals surface area contributed by atoms with Crippen LogP contribution in [0, 0.1) is 19.3 Å². The van der Waals surface area contributed by atoms with Crippen LogP contribution < -0.4 is 0 Å². The van der Waals surface area contributed by atoms with Gasteiger partial charge in [0.2, 0.25) is 0 Å². The summed E-state index contributed by atoms with van der Waals surface area (Å²) in [6.07, 6.45) is 2.08. The number of ether oxygens (including phenoxy) is 2. The third-order valence-electron chi connectivity index (χ3n) is 9.43. The zero-order valence-corrected chi connectivity index (χ0v) is 22.2. The lowest BCUT2D eigenvalue weighted by Crippen LogP contribution is -2.43. The quantitative estimate of drug-likeness (QED) is 0.561. The minimum atomic E-state index is -0.600. The van der Waals surface area contributed by atoms with Gasteiger partial charge in [0.05, 0.1) is 23.3 Å². The molecule has 0 bridgehead atoms. The SMILES string of the molecule is Cc1c([C@@H](O)CN2CCC3(CC2)CCN(C[C@H](O)c2ccc4c(c2C)COC4=O)C3)ccc2c1COC2=O. The second-order valence-electron chi connectivity index (χ2n) is 11.6. The molecule has 2 aromatic rings. The van der Waals surface area contributed by atoms with E-state index in [4.69, 9.17) is 9.47 Å². The second-order valence-corrected chi connectivity index (χ2v) is 11.6. The monoisotopic (exact) mass is 520 g/mol. The molecule has 4 heterocycles. The van der Waals surface area contributed by atoms with Crippen molar-refractivity contribution in [2.45, 2.75) is 58.5 Å². The molecule has 2 fully saturated rings. The fourth-order valence-corrected chi connectivity index (χ4v) is 6.94. The molecule has 0 amide bonds. The van der Waals surface area contributed by atoms with Gasteiger partial charge in [0.1, 0.15) is 13.2 Å². The molecular formula is C30H36N2O6. The summed E-state index contributed by atoms with van der Waals surface area (Å²) in [4.78, 5) is 28.4. The van der Waals surface area contributed by atoms with E-state index in [0.29, 0.717) is 30.8 Å². The number of likely N-dealkylation sites (tertiary alicyclic amines) is 2. The Labute approximate surface area is 223 Å². The molecule has 0 saturated carbocycles. The summed E-state index contributed by atoms with van der Waals surface area (Å²) >= 11 is 0. The maximum Gasteiger partial charge on any atom is 0.338 e. The normalized spacial score (nSPS) is 22.3. The predicted octanol–water partition coefficient (Wildman–Crippen LogP) is 3.20. The van der Waals surface area contributed by atoms with Crippen molar-refractivity contribution in [1.82, 2.24) is 9.80 Å². The Morgan fingerprint density at radius 1 is 0.763 bits per heavy atom. The van der Waals surface area contributed by atoms with Crippen LogP contribution in [0.2, 0.25) is 0 Å². The number of rotatable bonds is 6. The van der Waals surface area contributed by atoms with Gasteiger partial charge in [-0.3, -0.25) is 4.90 Å². The third-order valence-corrected chi connectivity index (χ3v) is 9.43. The average molecular weight is 521 g/mol. The first kappa shape index (κ1) is 25.5. The number of esters is 2. The molecule has 4 aliphatic heterocycles. The Bertz CT molecular complexity index is 1280. The van der Waals surface area contributed by atoms with Crippen molar-refractivity contribution in [3.63, 3.8) is 0 Å². The lowest BCUT2D eigenvalue weighted by atomic mass is 9.77. The summed E-state index contributed by atoms with van der Waals surface area (Å²) < 4.78 is 10.3. The van der Waals surface area contributed by atoms with E-state index in [1.165, 1.54) is 0 Å². The average Bonchev–Trinajstić information content (AvgIpc) is 3.59. The lowest BCUT2D eigenvalue weighted by Gasteiger charge is -2.40. The number of piperidine rings is 1. The van der Waals surface area contributed by atoms with E-state index in [1.54, 1.807) is 12.1 Å². The Kier molecular flexibility index (Phi) is 6.54. The maximum atomic E-state index is 11.8. The highest BCUT2D eigenvalue weighted by Crippen LogP contribution is 2.41. The Balaban J connectivity index is 1.03. The van der Waals surface area contributed by atoms with E-state index in [9.17, 15) is 19.8 Å². The summed E-state index contributed by atoms with van der Waals surface area (Å²) in [5.41, 5.74) is 6.96. The minimum absolute atomic E-state index is 0.260. The number of aliphatic hydroxyl groups excluding tert-OH is 2. The van der Waals surface area contributed by atoms with Crippen LogP contribution in [-0.4, -0.2) is 71.2 Å². The number of hydrogen-bond acceptors (Lipinski definition) is 8. The Hall–Kier alpha value is -2.78. The van der Waals surface area contributed by atoms with Crippen LogP contribution in [0.3, 0.4) is 0 Å². The molecule has 0 unspecified atom stereocenters. The van der Waals surface area contributed by atoms with Gasteiger partial charge in [0.25, 0.3) is 0 Å². The van der Waals surface area contributed by atoms with E-state index in [2.05, 4.69) is 9.80 Å². The number of cyclic esters (lactones) is 2. The molecule has 2 N–H and O–H groups in total. The van der Waals surface area contributed by atoms with Crippen LogP contribution in [-0.2, 0) is 22.7 Å². The van der Waals surface area contributed by atoms with Crippen molar-refractivity contribution in [2.75, 3.05) is 39.3 Å². The van der Waals surface area contributed by atoms with Crippen molar-refractivity contribution in [1.29, 1.82) is 0 Å². The number of carbonyl (C=O) groups excluding carboxylic acids is 2. The largest absolute Gasteiger partial charge is 0.457 e. The van der Waals surface area contributed by atoms with Gasteiger partial charge in [-0.05, 0) is 92.5 Å². The van der Waals surface area contributed by atoms with E-state index >= 15 is 0 Å². The zero-order valence-electron chi connectivity index (χ0n) is 22.2. The van der Waals surface area contributed by atoms with Crippen LogP contribution >= 0.6 is 0 Å². The third kappa shape index (κ3) is 4.43. The first-order valence-electron chi connectivity index (χ1n) is 13.6. The number of hydrogen-bond donors (Lipinski definition) is 2. The van der Waals surface area contributed by atoms with Gasteiger partial charge in [0.15, 0.2) is 0 Å². The highest BCUT2D eigenvalue weighted by atomic mass is 16.5. The summed E-state index contributed by atoms with van der Waals surface area (Å²) in [7, 11) is 0. The van der Waals surface area contributed by atoms with Crippen molar-refractivity contribution >= 4 is 11.9 Å². The van der Waals surface area contributed by atoms with E-state index < -0.39 is 12.2 Å². The first-order chi connectivity index (χ1) is 18.2. The molecule has 1 spiro atoms. The molecular weight excluding hydrogens is 484 g/mol. The number of aliphatic hydroxyl groups is 2. The van der Waals surface area contributed by atoms with Gasteiger partial charge in [-0.1, -0.05) is 12.1 Å². The Morgan fingerprint density at radius 3 is 1.71 bits per heavy atom. The molecule has 2 aromatic carbocycles. The van der Waals surface area contributed by atoms with E-state index in [-0.39, 0.29) is 24.0 Å². The lowest BCUT2D eigenvalue weighted by molar-refractivity contribution is 0.0525. The molecule has 0 radical (unpaired) electrons. The molecule has 2 atom stereocenters. The maximum absolute atomic E-state index is 11.8. The van der Waals surface area contributed by atoms with Crippen molar-refractivity contribution in [3.8, 4) is 0 Å². The number of carbonyl (C=O) groups is 2. The molecule has 2 saturated heterocycles. The highest BCUT2D eigenvalue weighted by molar-refractivity contribution is 5.94. The number of fused-ring (bicyclic) bond motifs is 2. The van der Waals surface area contributed by atoms with Crippen molar-refractivity contribution in [3.05, 3.63) is 68.8 Å². The highest BCUT2D eigenvalue weighted by Gasteiger charge is 2.41. The van der Waals surface area contributed by atoms with E-state index in [0.717, 1.165) is 78.8 Å². The Morgan fingerprint density at radius 2 is 1.21 bits per heavy atom. The molecule has 4 aliphatic rings. The molecule has 8 heteroatoms. The summed E-state index contributed by atoms with van der Waals surface area (Å²) in [5.74, 6) is -0.560. The molecule has 38 heavy (non-hydrogen) atoms. The van der Waals surface area contributed by atoms with Gasteiger partial charge < -0.3 is 24.6 Å². The molecule has 202 valence electrons. The molecule has 6 rings (SSSR count). The second kappa shape index (κ2) is 9.75. The molecule has 8 nitrogen and oxygen atoms in total. The first-order valence-corrected chi connectivity index (χ1v) is 13.6. The van der Waals surface area contributed by atoms with Crippen LogP contribution in [0.1, 0.15) is 85.6 Å². The predicted molar refractivity (Wildman–Crippen MR) is 140 cm³/mol. The van der Waals surface area contributed by atoms with E-state index in [1.807, 2.05) is 26.0 Å². The summed E-state index contributed by atoms with van der Waals surface area (Å²) in [5, 5.41) is 22.1. The topological polar surface area (TPSA) is 99.5 Å². The van der Waals surface area contributed by atoms with Crippen LogP contribution in [0.4, 0.5) is 0 Å². The van der Waals surface area contributed by atoms with Crippen LogP contribution in [0.25, 0.3) is 0 Å². The van der Waals surface area contributed by atoms with Crippen LogP contribution in [0.5, 0.6) is 0 Å². The smallest absolute Gasteiger partial charge is 0.338 e. The fraction of sp³-hybridized carbons (Fsp3) is 0.533. The molecule has 0 aromatic heterocycles. The van der Waals surface area contributed by atoms with Crippen molar-refractivity contribution < 1.29 is 29.3 Å². The standard InChI is InChI=1S/C30H36N2O6/c1-18-20(3-5-22-24(18)15-37-28(22)35)26(33)13-31-10-7-30(8-11-31)9-12-32(17-30)14-27(34)21-4-6-23-25(19(21)2)16-38-29(23)36/h3-6,26-27,33-34H,7-17H2,1-2H3/t26-,27-/m0/s1. The van der Waals surface area contributed by atoms with Crippen LogP contribution in [0.15, 0.2) is 24.3 Å². The van der Waals surface area contributed by atoms with Gasteiger partial charge in [-0.2, -0.15) is 0 Å². The summed E-state index contributed by atoms with van der Waals surface area (Å²) in [6.45, 7) is 9.50. The van der Waals surface area contributed by atoms with Gasteiger partial charge >= 0.3 is 11.9 Å². The van der Waals surface area contributed by atoms with Gasteiger partial charge in [0, 0.05) is 30.8 Å². The minimum Gasteiger partial charge on any atom is -0.457 e.